The van der Waals surface area contributed by atoms with Crippen LogP contribution in [0, 0.1) is 13.8 Å². The maximum absolute atomic E-state index is 5.89. The van der Waals surface area contributed by atoms with Crippen molar-refractivity contribution in [2.75, 3.05) is 18.9 Å². The van der Waals surface area contributed by atoms with Crippen molar-refractivity contribution in [1.29, 1.82) is 0 Å². The van der Waals surface area contributed by atoms with E-state index in [2.05, 4.69) is 13.0 Å². The van der Waals surface area contributed by atoms with E-state index >= 15 is 0 Å². The first kappa shape index (κ1) is 13.2. The smallest absolute Gasteiger partial charge is 0.124 e. The van der Waals surface area contributed by atoms with E-state index in [0.29, 0.717) is 6.10 Å². The Labute approximate surface area is 109 Å². The van der Waals surface area contributed by atoms with Crippen LogP contribution in [0.1, 0.15) is 36.8 Å². The highest BCUT2D eigenvalue weighted by Gasteiger charge is 2.14. The summed E-state index contributed by atoms with van der Waals surface area (Å²) in [5.74, 6) is 0.908. The summed E-state index contributed by atoms with van der Waals surface area (Å²) < 4.78 is 11.4. The summed E-state index contributed by atoms with van der Waals surface area (Å²) in [5.41, 5.74) is 8.96. The van der Waals surface area contributed by atoms with Crippen LogP contribution in [0.2, 0.25) is 0 Å². The van der Waals surface area contributed by atoms with Gasteiger partial charge in [-0.2, -0.15) is 0 Å². The number of anilines is 1. The zero-order valence-electron chi connectivity index (χ0n) is 11.4. The van der Waals surface area contributed by atoms with Gasteiger partial charge < -0.3 is 15.2 Å². The van der Waals surface area contributed by atoms with Crippen molar-refractivity contribution in [2.45, 2.75) is 45.6 Å². The first-order valence-corrected chi connectivity index (χ1v) is 6.78. The standard InChI is InChI=1S/C15H23NO2/c1-11-9-12(2)15(10-14(11)16)18-8-4-6-13-5-3-7-17-13/h9-10,13H,3-8,16H2,1-2H3. The van der Waals surface area contributed by atoms with Crippen molar-refractivity contribution in [3.8, 4) is 5.75 Å². The minimum Gasteiger partial charge on any atom is -0.493 e. The second kappa shape index (κ2) is 6.10. The lowest BCUT2D eigenvalue weighted by molar-refractivity contribution is 0.0981. The second-order valence-corrected chi connectivity index (χ2v) is 5.10. The molecule has 1 fully saturated rings. The Morgan fingerprint density at radius 2 is 2.17 bits per heavy atom. The molecule has 1 aliphatic heterocycles. The van der Waals surface area contributed by atoms with Crippen molar-refractivity contribution in [3.63, 3.8) is 0 Å². The van der Waals surface area contributed by atoms with Crippen LogP contribution in [0.5, 0.6) is 5.75 Å². The van der Waals surface area contributed by atoms with E-state index in [1.165, 1.54) is 12.8 Å². The molecule has 1 aliphatic rings. The minimum atomic E-state index is 0.456. The molecule has 0 spiro atoms. The van der Waals surface area contributed by atoms with E-state index in [1.807, 2.05) is 13.0 Å². The predicted octanol–water partition coefficient (Wildman–Crippen LogP) is 3.22. The summed E-state index contributed by atoms with van der Waals surface area (Å²) in [6.07, 6.45) is 5.01. The Morgan fingerprint density at radius 3 is 2.89 bits per heavy atom. The molecule has 0 amide bonds. The summed E-state index contributed by atoms with van der Waals surface area (Å²) in [6.45, 7) is 5.74. The highest BCUT2D eigenvalue weighted by atomic mass is 16.5. The first-order chi connectivity index (χ1) is 8.66. The van der Waals surface area contributed by atoms with Gasteiger partial charge in [-0.3, -0.25) is 0 Å². The summed E-state index contributed by atoms with van der Waals surface area (Å²) in [7, 11) is 0. The zero-order chi connectivity index (χ0) is 13.0. The third-order valence-corrected chi connectivity index (χ3v) is 3.52. The van der Waals surface area contributed by atoms with E-state index in [4.69, 9.17) is 15.2 Å². The van der Waals surface area contributed by atoms with E-state index in [1.54, 1.807) is 0 Å². The van der Waals surface area contributed by atoms with Gasteiger partial charge in [0.1, 0.15) is 5.75 Å². The lowest BCUT2D eigenvalue weighted by Crippen LogP contribution is -2.08. The molecule has 100 valence electrons. The topological polar surface area (TPSA) is 44.5 Å². The van der Waals surface area contributed by atoms with Crippen molar-refractivity contribution < 1.29 is 9.47 Å². The van der Waals surface area contributed by atoms with Gasteiger partial charge in [-0.25, -0.2) is 0 Å². The fourth-order valence-corrected chi connectivity index (χ4v) is 2.37. The third kappa shape index (κ3) is 3.39. The van der Waals surface area contributed by atoms with Crippen molar-refractivity contribution in [1.82, 2.24) is 0 Å². The Kier molecular flexibility index (Phi) is 4.48. The molecule has 1 saturated heterocycles. The summed E-state index contributed by atoms with van der Waals surface area (Å²) in [4.78, 5) is 0. The van der Waals surface area contributed by atoms with Crippen molar-refractivity contribution in [3.05, 3.63) is 23.3 Å². The lowest BCUT2D eigenvalue weighted by atomic mass is 10.1. The number of hydrogen-bond acceptors (Lipinski definition) is 3. The molecule has 0 saturated carbocycles. The molecule has 2 N–H and O–H groups in total. The van der Waals surface area contributed by atoms with Crippen LogP contribution in [0.3, 0.4) is 0 Å². The van der Waals surface area contributed by atoms with Crippen LogP contribution in [-0.2, 0) is 4.74 Å². The summed E-state index contributed by atoms with van der Waals surface area (Å²) >= 11 is 0. The summed E-state index contributed by atoms with van der Waals surface area (Å²) in [5, 5.41) is 0. The van der Waals surface area contributed by atoms with Gasteiger partial charge in [0.15, 0.2) is 0 Å². The van der Waals surface area contributed by atoms with Gasteiger partial charge in [-0.15, -0.1) is 0 Å². The molecular formula is C15H23NO2. The Bertz CT molecular complexity index is 398. The summed E-state index contributed by atoms with van der Waals surface area (Å²) in [6, 6.07) is 4.00. The van der Waals surface area contributed by atoms with Gasteiger partial charge >= 0.3 is 0 Å². The van der Waals surface area contributed by atoms with E-state index in [9.17, 15) is 0 Å². The predicted molar refractivity (Wildman–Crippen MR) is 74.0 cm³/mol. The number of rotatable bonds is 5. The maximum Gasteiger partial charge on any atom is 0.124 e. The van der Waals surface area contributed by atoms with Crippen LogP contribution in [-0.4, -0.2) is 19.3 Å². The fraction of sp³-hybridized carbons (Fsp3) is 0.600. The highest BCUT2D eigenvalue weighted by Crippen LogP contribution is 2.25. The molecular weight excluding hydrogens is 226 g/mol. The molecule has 3 nitrogen and oxygen atoms in total. The lowest BCUT2D eigenvalue weighted by Gasteiger charge is -2.13. The Balaban J connectivity index is 1.77. The number of aryl methyl sites for hydroxylation is 2. The van der Waals surface area contributed by atoms with Crippen LogP contribution in [0.15, 0.2) is 12.1 Å². The average molecular weight is 249 g/mol. The molecule has 0 aliphatic carbocycles. The number of hydrogen-bond donors (Lipinski definition) is 1. The molecule has 1 unspecified atom stereocenters. The highest BCUT2D eigenvalue weighted by molar-refractivity contribution is 5.54. The van der Waals surface area contributed by atoms with Crippen LogP contribution in [0.25, 0.3) is 0 Å². The molecule has 1 aromatic carbocycles. The fourth-order valence-electron chi connectivity index (χ4n) is 2.37. The van der Waals surface area contributed by atoms with Gasteiger partial charge in [0, 0.05) is 18.4 Å². The molecule has 0 bridgehead atoms. The van der Waals surface area contributed by atoms with Gasteiger partial charge in [0.25, 0.3) is 0 Å². The molecule has 0 aromatic heterocycles. The quantitative estimate of drug-likeness (QED) is 0.643. The molecule has 0 radical (unpaired) electrons. The SMILES string of the molecule is Cc1cc(C)c(OCCCC2CCCO2)cc1N. The van der Waals surface area contributed by atoms with Gasteiger partial charge in [0.2, 0.25) is 0 Å². The van der Waals surface area contributed by atoms with Crippen LogP contribution in [0.4, 0.5) is 5.69 Å². The van der Waals surface area contributed by atoms with Crippen LogP contribution < -0.4 is 10.5 Å². The zero-order valence-corrected chi connectivity index (χ0v) is 11.4. The molecule has 18 heavy (non-hydrogen) atoms. The average Bonchev–Trinajstić information content (AvgIpc) is 2.84. The normalized spacial score (nSPS) is 19.1. The van der Waals surface area contributed by atoms with Gasteiger partial charge in [-0.05, 0) is 50.7 Å². The maximum atomic E-state index is 5.89. The Hall–Kier alpha value is -1.22. The number of nitrogens with two attached hydrogens (primary N) is 1. The van der Waals surface area contributed by atoms with E-state index in [0.717, 1.165) is 48.6 Å². The molecule has 3 heteroatoms. The third-order valence-electron chi connectivity index (χ3n) is 3.52. The van der Waals surface area contributed by atoms with Crippen LogP contribution >= 0.6 is 0 Å². The molecule has 2 rings (SSSR count). The monoisotopic (exact) mass is 249 g/mol. The molecule has 1 aromatic rings. The number of ether oxygens (including phenoxy) is 2. The number of benzene rings is 1. The Morgan fingerprint density at radius 1 is 1.33 bits per heavy atom. The van der Waals surface area contributed by atoms with Crippen molar-refractivity contribution >= 4 is 5.69 Å². The first-order valence-electron chi connectivity index (χ1n) is 6.78. The van der Waals surface area contributed by atoms with Gasteiger partial charge in [-0.1, -0.05) is 6.07 Å². The van der Waals surface area contributed by atoms with E-state index < -0.39 is 0 Å². The second-order valence-electron chi connectivity index (χ2n) is 5.10. The molecule has 1 atom stereocenters. The number of nitrogen functional groups attached to an aromatic ring is 1. The molecule has 1 heterocycles. The van der Waals surface area contributed by atoms with E-state index in [-0.39, 0.29) is 0 Å². The van der Waals surface area contributed by atoms with Crippen molar-refractivity contribution in [2.24, 2.45) is 0 Å². The minimum absolute atomic E-state index is 0.456. The largest absolute Gasteiger partial charge is 0.493 e. The van der Waals surface area contributed by atoms with Gasteiger partial charge in [0.05, 0.1) is 12.7 Å².